The molecule has 0 aliphatic carbocycles. The van der Waals surface area contributed by atoms with Crippen LogP contribution in [0.25, 0.3) is 0 Å². The molecule has 5 nitrogen and oxygen atoms in total. The van der Waals surface area contributed by atoms with E-state index in [1.165, 1.54) is 6.42 Å². The molecule has 1 unspecified atom stereocenters. The molecule has 2 rings (SSSR count). The number of carbonyl (C=O) groups is 1. The number of imidazole rings is 1. The lowest BCUT2D eigenvalue weighted by atomic mass is 10.1. The average Bonchev–Trinajstić information content (AvgIpc) is 2.55. The maximum Gasteiger partial charge on any atom is 0.320 e. The number of fused-ring (bicyclic) bond motifs is 1. The quantitative estimate of drug-likeness (QED) is 0.781. The number of hydrogen-bond donors (Lipinski definition) is 2. The summed E-state index contributed by atoms with van der Waals surface area (Å²) in [6.07, 6.45) is 3.66. The van der Waals surface area contributed by atoms with Crippen LogP contribution in [0.2, 0.25) is 0 Å². The first-order valence-corrected chi connectivity index (χ1v) is 5.63. The number of aromatic nitrogens is 2. The van der Waals surface area contributed by atoms with E-state index in [1.807, 2.05) is 6.92 Å². The Morgan fingerprint density at radius 1 is 1.62 bits per heavy atom. The van der Waals surface area contributed by atoms with Gasteiger partial charge < -0.3 is 15.4 Å². The SMILES string of the molecule is Cc1nc2n(c1CC(N)C(=O)O)CCCC2. The van der Waals surface area contributed by atoms with Crippen molar-refractivity contribution in [2.75, 3.05) is 0 Å². The third-order valence-electron chi connectivity index (χ3n) is 3.11. The lowest BCUT2D eigenvalue weighted by Crippen LogP contribution is -2.33. The fourth-order valence-corrected chi connectivity index (χ4v) is 2.23. The molecule has 0 amide bonds. The third kappa shape index (κ3) is 1.95. The molecule has 0 bridgehead atoms. The summed E-state index contributed by atoms with van der Waals surface area (Å²) in [5, 5.41) is 8.82. The molecule has 5 heteroatoms. The first-order chi connectivity index (χ1) is 7.59. The van der Waals surface area contributed by atoms with Gasteiger partial charge in [-0.25, -0.2) is 4.98 Å². The molecule has 1 aliphatic rings. The van der Waals surface area contributed by atoms with E-state index in [0.29, 0.717) is 6.42 Å². The number of nitrogens with zero attached hydrogens (tertiary/aromatic N) is 2. The van der Waals surface area contributed by atoms with Crippen LogP contribution in [-0.4, -0.2) is 26.7 Å². The first-order valence-electron chi connectivity index (χ1n) is 5.63. The topological polar surface area (TPSA) is 81.1 Å². The predicted molar refractivity (Wildman–Crippen MR) is 59.2 cm³/mol. The second-order valence-corrected chi connectivity index (χ2v) is 4.32. The van der Waals surface area contributed by atoms with Gasteiger partial charge in [0.2, 0.25) is 0 Å². The maximum absolute atomic E-state index is 10.8. The highest BCUT2D eigenvalue weighted by Gasteiger charge is 2.21. The Morgan fingerprint density at radius 3 is 3.06 bits per heavy atom. The molecule has 1 aromatic rings. The monoisotopic (exact) mass is 223 g/mol. The van der Waals surface area contributed by atoms with Crippen LogP contribution >= 0.6 is 0 Å². The zero-order valence-corrected chi connectivity index (χ0v) is 9.44. The Bertz CT molecular complexity index is 412. The highest BCUT2D eigenvalue weighted by molar-refractivity contribution is 5.73. The molecular weight excluding hydrogens is 206 g/mol. The molecule has 1 aliphatic heterocycles. The van der Waals surface area contributed by atoms with Gasteiger partial charge in [0, 0.05) is 25.1 Å². The minimum Gasteiger partial charge on any atom is -0.480 e. The Morgan fingerprint density at radius 2 is 2.38 bits per heavy atom. The van der Waals surface area contributed by atoms with Crippen molar-refractivity contribution < 1.29 is 9.90 Å². The minimum absolute atomic E-state index is 0.369. The van der Waals surface area contributed by atoms with Gasteiger partial charge in [0.1, 0.15) is 11.9 Å². The van der Waals surface area contributed by atoms with Gasteiger partial charge in [-0.2, -0.15) is 0 Å². The van der Waals surface area contributed by atoms with E-state index >= 15 is 0 Å². The second-order valence-electron chi connectivity index (χ2n) is 4.32. The maximum atomic E-state index is 10.8. The molecule has 16 heavy (non-hydrogen) atoms. The van der Waals surface area contributed by atoms with E-state index in [1.54, 1.807) is 0 Å². The fourth-order valence-electron chi connectivity index (χ4n) is 2.23. The van der Waals surface area contributed by atoms with E-state index < -0.39 is 12.0 Å². The largest absolute Gasteiger partial charge is 0.480 e. The van der Waals surface area contributed by atoms with Crippen LogP contribution in [0.5, 0.6) is 0 Å². The van der Waals surface area contributed by atoms with Gasteiger partial charge in [0.15, 0.2) is 0 Å². The summed E-state index contributed by atoms with van der Waals surface area (Å²) in [6.45, 7) is 2.87. The number of hydrogen-bond acceptors (Lipinski definition) is 3. The summed E-state index contributed by atoms with van der Waals surface area (Å²) >= 11 is 0. The average molecular weight is 223 g/mol. The Hall–Kier alpha value is -1.36. The molecule has 3 N–H and O–H groups in total. The molecule has 0 aromatic carbocycles. The lowest BCUT2D eigenvalue weighted by Gasteiger charge is -2.17. The van der Waals surface area contributed by atoms with Crippen molar-refractivity contribution >= 4 is 5.97 Å². The fraction of sp³-hybridized carbons (Fsp3) is 0.636. The van der Waals surface area contributed by atoms with Gasteiger partial charge >= 0.3 is 5.97 Å². The third-order valence-corrected chi connectivity index (χ3v) is 3.11. The van der Waals surface area contributed by atoms with Crippen molar-refractivity contribution in [2.45, 2.75) is 45.2 Å². The second kappa shape index (κ2) is 4.25. The van der Waals surface area contributed by atoms with E-state index in [2.05, 4.69) is 9.55 Å². The summed E-state index contributed by atoms with van der Waals surface area (Å²) in [5.74, 6) is 0.127. The van der Waals surface area contributed by atoms with Crippen LogP contribution in [0.4, 0.5) is 0 Å². The van der Waals surface area contributed by atoms with Crippen molar-refractivity contribution in [2.24, 2.45) is 5.73 Å². The summed E-state index contributed by atoms with van der Waals surface area (Å²) in [5.41, 5.74) is 7.48. The highest BCUT2D eigenvalue weighted by Crippen LogP contribution is 2.20. The molecule has 2 heterocycles. The van der Waals surface area contributed by atoms with Crippen molar-refractivity contribution in [1.29, 1.82) is 0 Å². The zero-order chi connectivity index (χ0) is 11.7. The van der Waals surface area contributed by atoms with Crippen LogP contribution in [0.3, 0.4) is 0 Å². The standard InChI is InChI=1S/C11H17N3O2/c1-7-9(6-8(12)11(15)16)14-5-3-2-4-10(14)13-7/h8H,2-6,12H2,1H3,(H,15,16). The van der Waals surface area contributed by atoms with E-state index in [-0.39, 0.29) is 0 Å². The number of rotatable bonds is 3. The number of aliphatic carboxylic acids is 1. The van der Waals surface area contributed by atoms with Gasteiger partial charge in [0.05, 0.1) is 5.69 Å². The molecule has 1 aromatic heterocycles. The van der Waals surface area contributed by atoms with Gasteiger partial charge in [-0.1, -0.05) is 0 Å². The lowest BCUT2D eigenvalue weighted by molar-refractivity contribution is -0.138. The van der Waals surface area contributed by atoms with Crippen LogP contribution in [0, 0.1) is 6.92 Å². The van der Waals surface area contributed by atoms with Gasteiger partial charge in [-0.05, 0) is 19.8 Å². The molecule has 88 valence electrons. The van der Waals surface area contributed by atoms with E-state index in [0.717, 1.165) is 36.6 Å². The molecule has 0 saturated carbocycles. The van der Waals surface area contributed by atoms with Crippen molar-refractivity contribution in [3.05, 3.63) is 17.2 Å². The van der Waals surface area contributed by atoms with Gasteiger partial charge in [-0.15, -0.1) is 0 Å². The van der Waals surface area contributed by atoms with Crippen LogP contribution in [0.15, 0.2) is 0 Å². The molecule has 0 radical (unpaired) electrons. The first kappa shape index (κ1) is 11.1. The van der Waals surface area contributed by atoms with Gasteiger partial charge in [0.25, 0.3) is 0 Å². The predicted octanol–water partition coefficient (Wildman–Crippen LogP) is 0.482. The molecule has 0 spiro atoms. The Labute approximate surface area is 94.3 Å². The summed E-state index contributed by atoms with van der Waals surface area (Å²) < 4.78 is 2.14. The van der Waals surface area contributed by atoms with Crippen molar-refractivity contribution in [3.63, 3.8) is 0 Å². The van der Waals surface area contributed by atoms with Crippen LogP contribution in [0.1, 0.15) is 30.1 Å². The molecule has 0 saturated heterocycles. The summed E-state index contributed by atoms with van der Waals surface area (Å²) in [4.78, 5) is 15.2. The highest BCUT2D eigenvalue weighted by atomic mass is 16.4. The zero-order valence-electron chi connectivity index (χ0n) is 9.44. The van der Waals surface area contributed by atoms with Crippen molar-refractivity contribution in [3.8, 4) is 0 Å². The number of aryl methyl sites for hydroxylation is 2. The minimum atomic E-state index is -0.953. The van der Waals surface area contributed by atoms with Crippen LogP contribution < -0.4 is 5.73 Å². The van der Waals surface area contributed by atoms with Gasteiger partial charge in [-0.3, -0.25) is 4.79 Å². The molecule has 1 atom stereocenters. The van der Waals surface area contributed by atoms with Crippen molar-refractivity contribution in [1.82, 2.24) is 9.55 Å². The Balaban J connectivity index is 2.26. The smallest absolute Gasteiger partial charge is 0.320 e. The summed E-state index contributed by atoms with van der Waals surface area (Å²) in [6, 6.07) is -0.832. The molecule has 0 fully saturated rings. The van der Waals surface area contributed by atoms with Crippen LogP contribution in [-0.2, 0) is 24.2 Å². The van der Waals surface area contributed by atoms with E-state index in [4.69, 9.17) is 10.8 Å². The Kier molecular flexibility index (Phi) is 2.96. The number of carboxylic acid groups (broad SMARTS) is 1. The van der Waals surface area contributed by atoms with E-state index in [9.17, 15) is 4.79 Å². The summed E-state index contributed by atoms with van der Waals surface area (Å²) in [7, 11) is 0. The molecular formula is C11H17N3O2. The normalized spacial score (nSPS) is 16.9. The number of nitrogens with two attached hydrogens (primary N) is 1. The number of carboxylic acids is 1.